The van der Waals surface area contributed by atoms with Gasteiger partial charge in [0.25, 0.3) is 0 Å². The Morgan fingerprint density at radius 1 is 1.45 bits per heavy atom. The second kappa shape index (κ2) is 6.27. The number of aryl methyl sites for hydroxylation is 1. The van der Waals surface area contributed by atoms with Crippen molar-refractivity contribution in [1.29, 1.82) is 0 Å². The summed E-state index contributed by atoms with van der Waals surface area (Å²) < 4.78 is 0. The number of carbonyl (C=O) groups is 1. The molecular weight excluding hydrogens is 268 g/mol. The summed E-state index contributed by atoms with van der Waals surface area (Å²) in [5, 5.41) is 8.84. The molecule has 1 saturated heterocycles. The first kappa shape index (κ1) is 14.1. The molecule has 1 aliphatic carbocycles. The molecule has 0 spiro atoms. The number of hydrogen-bond donors (Lipinski definition) is 2. The van der Waals surface area contributed by atoms with E-state index in [1.807, 2.05) is 0 Å². The molecule has 2 aliphatic rings. The van der Waals surface area contributed by atoms with Crippen molar-refractivity contribution in [3.8, 4) is 0 Å². The van der Waals surface area contributed by atoms with E-state index < -0.39 is 0 Å². The van der Waals surface area contributed by atoms with Gasteiger partial charge in [0.05, 0.1) is 5.92 Å². The summed E-state index contributed by atoms with van der Waals surface area (Å²) in [5.74, 6) is 0.907. The van der Waals surface area contributed by atoms with E-state index in [1.165, 1.54) is 23.3 Å². The maximum Gasteiger partial charge on any atom is 0.227 e. The highest BCUT2D eigenvalue weighted by atomic mass is 32.1. The minimum atomic E-state index is 0.0870. The van der Waals surface area contributed by atoms with Gasteiger partial charge in [-0.25, -0.2) is 0 Å². The summed E-state index contributed by atoms with van der Waals surface area (Å²) in [7, 11) is 0. The van der Waals surface area contributed by atoms with Crippen LogP contribution in [-0.2, 0) is 11.2 Å². The van der Waals surface area contributed by atoms with Crippen molar-refractivity contribution in [2.24, 2.45) is 5.92 Å². The molecule has 3 atom stereocenters. The van der Waals surface area contributed by atoms with Gasteiger partial charge >= 0.3 is 0 Å². The summed E-state index contributed by atoms with van der Waals surface area (Å²) in [6, 6.07) is 2.43. The number of thiophene rings is 1. The van der Waals surface area contributed by atoms with Crippen LogP contribution in [0.3, 0.4) is 0 Å². The molecule has 0 aromatic carbocycles. The third kappa shape index (κ3) is 2.91. The van der Waals surface area contributed by atoms with E-state index in [-0.39, 0.29) is 17.9 Å². The van der Waals surface area contributed by atoms with Gasteiger partial charge in [-0.3, -0.25) is 4.79 Å². The fourth-order valence-corrected chi connectivity index (χ4v) is 4.49. The molecule has 1 fully saturated rings. The molecule has 0 bridgehead atoms. The molecule has 1 aliphatic heterocycles. The van der Waals surface area contributed by atoms with Gasteiger partial charge in [0, 0.05) is 10.9 Å². The predicted molar refractivity (Wildman–Crippen MR) is 83.2 cm³/mol. The van der Waals surface area contributed by atoms with Crippen LogP contribution in [0, 0.1) is 5.92 Å². The second-order valence-corrected chi connectivity index (χ2v) is 7.15. The lowest BCUT2D eigenvalue weighted by Crippen LogP contribution is -2.46. The molecule has 3 rings (SSSR count). The van der Waals surface area contributed by atoms with Gasteiger partial charge in [0.1, 0.15) is 0 Å². The van der Waals surface area contributed by atoms with Gasteiger partial charge < -0.3 is 10.6 Å². The number of fused-ring (bicyclic) bond motifs is 1. The molecule has 4 heteroatoms. The zero-order valence-corrected chi connectivity index (χ0v) is 13.0. The molecule has 20 heavy (non-hydrogen) atoms. The smallest absolute Gasteiger partial charge is 0.227 e. The lowest BCUT2D eigenvalue weighted by Gasteiger charge is -2.31. The Labute approximate surface area is 125 Å². The van der Waals surface area contributed by atoms with E-state index in [0.717, 1.165) is 32.4 Å². The Bertz CT molecular complexity index is 465. The van der Waals surface area contributed by atoms with Crippen LogP contribution >= 0.6 is 11.3 Å². The van der Waals surface area contributed by atoms with Crippen LogP contribution in [0.1, 0.15) is 49.0 Å². The largest absolute Gasteiger partial charge is 0.353 e. The Kier molecular flexibility index (Phi) is 4.41. The Hall–Kier alpha value is -0.870. The average Bonchev–Trinajstić information content (AvgIpc) is 2.96. The van der Waals surface area contributed by atoms with Gasteiger partial charge in [0.2, 0.25) is 5.91 Å². The van der Waals surface area contributed by atoms with E-state index in [1.54, 1.807) is 11.3 Å². The summed E-state index contributed by atoms with van der Waals surface area (Å²) in [4.78, 5) is 14.0. The van der Waals surface area contributed by atoms with Gasteiger partial charge in [0.15, 0.2) is 0 Å². The Morgan fingerprint density at radius 3 is 3.15 bits per heavy atom. The highest BCUT2D eigenvalue weighted by Crippen LogP contribution is 2.35. The maximum absolute atomic E-state index is 12.6. The molecule has 2 N–H and O–H groups in total. The van der Waals surface area contributed by atoms with Crippen LogP contribution in [0.15, 0.2) is 11.4 Å². The monoisotopic (exact) mass is 292 g/mol. The van der Waals surface area contributed by atoms with Gasteiger partial charge in [-0.2, -0.15) is 0 Å². The molecule has 3 nitrogen and oxygen atoms in total. The molecule has 1 amide bonds. The highest BCUT2D eigenvalue weighted by Gasteiger charge is 2.29. The lowest BCUT2D eigenvalue weighted by molar-refractivity contribution is -0.123. The molecule has 3 unspecified atom stereocenters. The minimum Gasteiger partial charge on any atom is -0.353 e. The van der Waals surface area contributed by atoms with Crippen molar-refractivity contribution in [3.63, 3.8) is 0 Å². The molecule has 0 saturated carbocycles. The Balaban J connectivity index is 1.62. The van der Waals surface area contributed by atoms with Gasteiger partial charge in [-0.05, 0) is 75.0 Å². The molecule has 0 radical (unpaired) electrons. The van der Waals surface area contributed by atoms with Crippen molar-refractivity contribution in [2.75, 3.05) is 13.1 Å². The molecular formula is C16H24N2OS. The number of piperidine rings is 1. The summed E-state index contributed by atoms with van der Waals surface area (Å²) in [5.41, 5.74) is 1.28. The number of rotatable bonds is 3. The summed E-state index contributed by atoms with van der Waals surface area (Å²) in [6.07, 6.45) is 5.75. The van der Waals surface area contributed by atoms with Crippen molar-refractivity contribution in [1.82, 2.24) is 10.6 Å². The van der Waals surface area contributed by atoms with E-state index in [4.69, 9.17) is 0 Å². The minimum absolute atomic E-state index is 0.0870. The molecule has 1 aromatic rings. The SMILES string of the molecule is CC(NC(=O)C1CCCc2sccc21)C1CCCNC1. The van der Waals surface area contributed by atoms with Crippen molar-refractivity contribution >= 4 is 17.2 Å². The summed E-state index contributed by atoms with van der Waals surface area (Å²) >= 11 is 1.80. The maximum atomic E-state index is 12.6. The fraction of sp³-hybridized carbons (Fsp3) is 0.688. The fourth-order valence-electron chi connectivity index (χ4n) is 3.51. The second-order valence-electron chi connectivity index (χ2n) is 6.15. The predicted octanol–water partition coefficient (Wildman–Crippen LogP) is 2.67. The summed E-state index contributed by atoms with van der Waals surface area (Å²) in [6.45, 7) is 4.32. The number of hydrogen-bond acceptors (Lipinski definition) is 3. The third-order valence-electron chi connectivity index (χ3n) is 4.78. The van der Waals surface area contributed by atoms with Crippen LogP contribution in [0.4, 0.5) is 0 Å². The lowest BCUT2D eigenvalue weighted by atomic mass is 9.86. The molecule has 110 valence electrons. The van der Waals surface area contributed by atoms with Crippen LogP contribution in [0.25, 0.3) is 0 Å². The zero-order chi connectivity index (χ0) is 13.9. The normalized spacial score (nSPS) is 27.6. The van der Waals surface area contributed by atoms with Crippen LogP contribution < -0.4 is 10.6 Å². The average molecular weight is 292 g/mol. The highest BCUT2D eigenvalue weighted by molar-refractivity contribution is 7.10. The van der Waals surface area contributed by atoms with Gasteiger partial charge in [-0.15, -0.1) is 11.3 Å². The van der Waals surface area contributed by atoms with Crippen molar-refractivity contribution in [2.45, 2.75) is 51.0 Å². The standard InChI is InChI=1S/C16H24N2OS/c1-11(12-4-3-8-17-10-12)18-16(19)14-5-2-6-15-13(14)7-9-20-15/h7,9,11-12,14,17H,2-6,8,10H2,1H3,(H,18,19). The van der Waals surface area contributed by atoms with Crippen molar-refractivity contribution < 1.29 is 4.79 Å². The number of amides is 1. The first-order valence-corrected chi connectivity index (χ1v) is 8.71. The Morgan fingerprint density at radius 2 is 2.35 bits per heavy atom. The molecule has 1 aromatic heterocycles. The van der Waals surface area contributed by atoms with Gasteiger partial charge in [-0.1, -0.05) is 0 Å². The number of nitrogens with one attached hydrogen (secondary N) is 2. The molecule has 2 heterocycles. The van der Waals surface area contributed by atoms with Crippen LogP contribution in [0.2, 0.25) is 0 Å². The van der Waals surface area contributed by atoms with Crippen LogP contribution in [-0.4, -0.2) is 25.0 Å². The quantitative estimate of drug-likeness (QED) is 0.899. The van der Waals surface area contributed by atoms with Crippen LogP contribution in [0.5, 0.6) is 0 Å². The zero-order valence-electron chi connectivity index (χ0n) is 12.2. The van der Waals surface area contributed by atoms with Crippen molar-refractivity contribution in [3.05, 3.63) is 21.9 Å². The topological polar surface area (TPSA) is 41.1 Å². The van der Waals surface area contributed by atoms with E-state index in [9.17, 15) is 4.79 Å². The number of carbonyl (C=O) groups excluding carboxylic acids is 1. The van der Waals surface area contributed by atoms with E-state index in [0.29, 0.717) is 5.92 Å². The first-order valence-electron chi connectivity index (χ1n) is 7.83. The third-order valence-corrected chi connectivity index (χ3v) is 5.78. The van der Waals surface area contributed by atoms with E-state index >= 15 is 0 Å². The first-order chi connectivity index (χ1) is 9.75. The van der Waals surface area contributed by atoms with E-state index in [2.05, 4.69) is 29.0 Å².